The predicted octanol–water partition coefficient (Wildman–Crippen LogP) is 5.41. The molecule has 2 heterocycles. The van der Waals surface area contributed by atoms with Gasteiger partial charge in [0, 0.05) is 27.8 Å². The zero-order valence-electron chi connectivity index (χ0n) is 14.2. The molecule has 138 valence electrons. The van der Waals surface area contributed by atoms with Crippen molar-refractivity contribution in [3.05, 3.63) is 64.5 Å². The molecule has 1 aliphatic heterocycles. The SMILES string of the molecule is O=C(Nc1ccc(Cl)cc1)N1CCC[C@@H]1c1nc(-c2ccc(Cl)cc2)no1. The minimum atomic E-state index is -0.245. The zero-order valence-corrected chi connectivity index (χ0v) is 15.7. The van der Waals surface area contributed by atoms with Gasteiger partial charge < -0.3 is 14.7 Å². The van der Waals surface area contributed by atoms with Crippen LogP contribution in [0, 0.1) is 0 Å². The summed E-state index contributed by atoms with van der Waals surface area (Å²) in [6, 6.07) is 13.7. The molecule has 1 atom stereocenters. The molecule has 1 aliphatic rings. The molecule has 1 aromatic heterocycles. The summed E-state index contributed by atoms with van der Waals surface area (Å²) < 4.78 is 5.45. The first-order valence-corrected chi connectivity index (χ1v) is 9.28. The third kappa shape index (κ3) is 3.91. The van der Waals surface area contributed by atoms with Crippen LogP contribution < -0.4 is 5.32 Å². The minimum Gasteiger partial charge on any atom is -0.337 e. The van der Waals surface area contributed by atoms with Gasteiger partial charge in [0.15, 0.2) is 0 Å². The van der Waals surface area contributed by atoms with E-state index < -0.39 is 0 Å². The van der Waals surface area contributed by atoms with E-state index in [1.165, 1.54) is 0 Å². The van der Waals surface area contributed by atoms with Crippen molar-refractivity contribution in [3.8, 4) is 11.4 Å². The Balaban J connectivity index is 1.50. The number of rotatable bonds is 3. The van der Waals surface area contributed by atoms with Gasteiger partial charge in [0.1, 0.15) is 6.04 Å². The zero-order chi connectivity index (χ0) is 18.8. The first-order valence-electron chi connectivity index (χ1n) is 8.53. The lowest BCUT2D eigenvalue weighted by molar-refractivity contribution is 0.193. The number of aromatic nitrogens is 2. The Morgan fingerprint density at radius 3 is 2.44 bits per heavy atom. The molecular formula is C19H16Cl2N4O2. The Morgan fingerprint density at radius 1 is 1.07 bits per heavy atom. The topological polar surface area (TPSA) is 71.3 Å². The summed E-state index contributed by atoms with van der Waals surface area (Å²) in [5, 5.41) is 8.19. The highest BCUT2D eigenvalue weighted by molar-refractivity contribution is 6.30. The number of hydrogen-bond donors (Lipinski definition) is 1. The van der Waals surface area contributed by atoms with E-state index in [9.17, 15) is 4.79 Å². The van der Waals surface area contributed by atoms with Gasteiger partial charge in [-0.25, -0.2) is 4.79 Å². The van der Waals surface area contributed by atoms with Gasteiger partial charge >= 0.3 is 6.03 Å². The molecule has 0 spiro atoms. The molecule has 1 fully saturated rings. The number of halogens is 2. The predicted molar refractivity (Wildman–Crippen MR) is 104 cm³/mol. The van der Waals surface area contributed by atoms with Crippen LogP contribution in [0.15, 0.2) is 53.1 Å². The average Bonchev–Trinajstić information content (AvgIpc) is 3.33. The van der Waals surface area contributed by atoms with Gasteiger partial charge in [-0.15, -0.1) is 0 Å². The first kappa shape index (κ1) is 17.8. The molecule has 2 aromatic carbocycles. The Bertz CT molecular complexity index is 941. The van der Waals surface area contributed by atoms with Gasteiger partial charge in [0.05, 0.1) is 0 Å². The molecule has 0 aliphatic carbocycles. The van der Waals surface area contributed by atoms with E-state index in [2.05, 4.69) is 15.5 Å². The van der Waals surface area contributed by atoms with Gasteiger partial charge in [-0.05, 0) is 61.4 Å². The Labute approximate surface area is 166 Å². The van der Waals surface area contributed by atoms with Crippen LogP contribution in [-0.4, -0.2) is 27.6 Å². The molecule has 1 N–H and O–H groups in total. The number of hydrogen-bond acceptors (Lipinski definition) is 4. The van der Waals surface area contributed by atoms with Crippen LogP contribution in [0.5, 0.6) is 0 Å². The van der Waals surface area contributed by atoms with Gasteiger partial charge in [-0.1, -0.05) is 28.4 Å². The van der Waals surface area contributed by atoms with Crippen LogP contribution in [0.3, 0.4) is 0 Å². The van der Waals surface area contributed by atoms with Crippen molar-refractivity contribution in [2.45, 2.75) is 18.9 Å². The van der Waals surface area contributed by atoms with Crippen molar-refractivity contribution in [1.29, 1.82) is 0 Å². The Morgan fingerprint density at radius 2 is 1.74 bits per heavy atom. The number of likely N-dealkylation sites (tertiary alicyclic amines) is 1. The molecule has 6 nitrogen and oxygen atoms in total. The molecule has 0 bridgehead atoms. The molecule has 0 saturated carbocycles. The number of nitrogens with zero attached hydrogens (tertiary/aromatic N) is 3. The molecule has 27 heavy (non-hydrogen) atoms. The number of amides is 2. The van der Waals surface area contributed by atoms with Crippen molar-refractivity contribution >= 4 is 34.9 Å². The number of carbonyl (C=O) groups is 1. The first-order chi connectivity index (χ1) is 13.1. The van der Waals surface area contributed by atoms with E-state index in [1.54, 1.807) is 41.3 Å². The molecule has 0 unspecified atom stereocenters. The van der Waals surface area contributed by atoms with Gasteiger partial charge in [-0.3, -0.25) is 0 Å². The van der Waals surface area contributed by atoms with E-state index in [-0.39, 0.29) is 12.1 Å². The molecule has 0 radical (unpaired) electrons. The fraction of sp³-hybridized carbons (Fsp3) is 0.211. The van der Waals surface area contributed by atoms with Crippen molar-refractivity contribution < 1.29 is 9.32 Å². The monoisotopic (exact) mass is 402 g/mol. The lowest BCUT2D eigenvalue weighted by atomic mass is 10.2. The molecule has 8 heteroatoms. The van der Waals surface area contributed by atoms with E-state index >= 15 is 0 Å². The highest BCUT2D eigenvalue weighted by Crippen LogP contribution is 2.32. The summed E-state index contributed by atoms with van der Waals surface area (Å²) in [6.45, 7) is 0.628. The highest BCUT2D eigenvalue weighted by atomic mass is 35.5. The lowest BCUT2D eigenvalue weighted by Gasteiger charge is -2.22. The van der Waals surface area contributed by atoms with Crippen LogP contribution in [0.25, 0.3) is 11.4 Å². The summed E-state index contributed by atoms with van der Waals surface area (Å²) in [4.78, 5) is 18.9. The van der Waals surface area contributed by atoms with E-state index in [4.69, 9.17) is 27.7 Å². The van der Waals surface area contributed by atoms with Crippen LogP contribution in [0.4, 0.5) is 10.5 Å². The number of anilines is 1. The lowest BCUT2D eigenvalue weighted by Crippen LogP contribution is -2.34. The fourth-order valence-electron chi connectivity index (χ4n) is 3.08. The molecule has 4 rings (SSSR count). The Kier molecular flexibility index (Phi) is 5.01. The second kappa shape index (κ2) is 7.58. The Hall–Kier alpha value is -2.57. The van der Waals surface area contributed by atoms with Crippen molar-refractivity contribution in [2.75, 3.05) is 11.9 Å². The highest BCUT2D eigenvalue weighted by Gasteiger charge is 2.34. The summed E-state index contributed by atoms with van der Waals surface area (Å²) in [5.41, 5.74) is 1.49. The minimum absolute atomic E-state index is 0.203. The second-order valence-electron chi connectivity index (χ2n) is 6.25. The third-order valence-corrected chi connectivity index (χ3v) is 4.94. The van der Waals surface area contributed by atoms with E-state index in [0.717, 1.165) is 18.4 Å². The van der Waals surface area contributed by atoms with Crippen molar-refractivity contribution in [2.24, 2.45) is 0 Å². The standard InChI is InChI=1S/C19H16Cl2N4O2/c20-13-5-3-12(4-6-13)17-23-18(27-24-17)16-2-1-11-25(16)19(26)22-15-9-7-14(21)8-10-15/h3-10,16H,1-2,11H2,(H,22,26)/t16-/m1/s1. The van der Waals surface area contributed by atoms with Gasteiger partial charge in [0.25, 0.3) is 0 Å². The smallest absolute Gasteiger partial charge is 0.322 e. The van der Waals surface area contributed by atoms with Crippen LogP contribution >= 0.6 is 23.2 Å². The van der Waals surface area contributed by atoms with Crippen LogP contribution in [0.2, 0.25) is 10.0 Å². The molecule has 1 saturated heterocycles. The van der Waals surface area contributed by atoms with Gasteiger partial charge in [-0.2, -0.15) is 4.98 Å². The van der Waals surface area contributed by atoms with Crippen molar-refractivity contribution in [1.82, 2.24) is 15.0 Å². The fourth-order valence-corrected chi connectivity index (χ4v) is 3.33. The number of urea groups is 1. The molecular weight excluding hydrogens is 387 g/mol. The summed E-state index contributed by atoms with van der Waals surface area (Å²) in [6.07, 6.45) is 1.65. The second-order valence-corrected chi connectivity index (χ2v) is 7.12. The summed E-state index contributed by atoms with van der Waals surface area (Å²) >= 11 is 11.8. The van der Waals surface area contributed by atoms with E-state index in [1.807, 2.05) is 12.1 Å². The molecule has 3 aromatic rings. The maximum Gasteiger partial charge on any atom is 0.322 e. The summed E-state index contributed by atoms with van der Waals surface area (Å²) in [7, 11) is 0. The average molecular weight is 403 g/mol. The normalized spacial score (nSPS) is 16.5. The maximum absolute atomic E-state index is 12.7. The number of benzene rings is 2. The maximum atomic E-state index is 12.7. The third-order valence-electron chi connectivity index (χ3n) is 4.44. The van der Waals surface area contributed by atoms with Crippen molar-refractivity contribution in [3.63, 3.8) is 0 Å². The van der Waals surface area contributed by atoms with Crippen LogP contribution in [0.1, 0.15) is 24.8 Å². The number of nitrogens with one attached hydrogen (secondary N) is 1. The van der Waals surface area contributed by atoms with E-state index in [0.29, 0.717) is 34.0 Å². The quantitative estimate of drug-likeness (QED) is 0.635. The summed E-state index contributed by atoms with van der Waals surface area (Å²) in [5.74, 6) is 0.912. The number of carbonyl (C=O) groups excluding carboxylic acids is 1. The largest absolute Gasteiger partial charge is 0.337 e. The van der Waals surface area contributed by atoms with Crippen LogP contribution in [-0.2, 0) is 0 Å². The van der Waals surface area contributed by atoms with Gasteiger partial charge in [0.2, 0.25) is 11.7 Å². The molecule has 2 amide bonds.